The molecule has 2 atom stereocenters. The fraction of sp³-hybridized carbons (Fsp3) is 0.536. The van der Waals surface area contributed by atoms with E-state index in [0.29, 0.717) is 45.7 Å². The second-order valence-corrected chi connectivity index (χ2v) is 9.94. The Morgan fingerprint density at radius 3 is 2.21 bits per heavy atom. The molecule has 2 aromatic carbocycles. The molecule has 182 valence electrons. The molecule has 2 unspecified atom stereocenters. The van der Waals surface area contributed by atoms with Crippen LogP contribution in [0.15, 0.2) is 48.5 Å². The highest BCUT2D eigenvalue weighted by molar-refractivity contribution is 5.79. The zero-order valence-electron chi connectivity index (χ0n) is 19.9. The molecule has 2 bridgehead atoms. The normalized spacial score (nSPS) is 25.3. The lowest BCUT2D eigenvalue weighted by Gasteiger charge is -2.43. The minimum atomic E-state index is -0.726. The molecule has 1 amide bonds. The highest BCUT2D eigenvalue weighted by Gasteiger charge is 2.49. The third kappa shape index (κ3) is 4.59. The SMILES string of the molecule is COCCOCCCC1(O)CC2CCC(C1)N2C(=O)OCC1c2ccccc2-c2ccccc21. The summed E-state index contributed by atoms with van der Waals surface area (Å²) < 4.78 is 16.5. The molecule has 0 radical (unpaired) electrons. The van der Waals surface area contributed by atoms with Crippen molar-refractivity contribution in [1.82, 2.24) is 4.90 Å². The topological polar surface area (TPSA) is 68.2 Å². The Morgan fingerprint density at radius 1 is 0.971 bits per heavy atom. The molecule has 0 aromatic heterocycles. The molecular formula is C28H35NO5. The maximum atomic E-state index is 13.2. The number of carbonyl (C=O) groups excluding carboxylic acids is 1. The predicted octanol–water partition coefficient (Wildman–Crippen LogP) is 4.74. The Hall–Kier alpha value is -2.41. The summed E-state index contributed by atoms with van der Waals surface area (Å²) >= 11 is 0. The Morgan fingerprint density at radius 2 is 1.59 bits per heavy atom. The first kappa shape index (κ1) is 23.3. The molecule has 6 heteroatoms. The van der Waals surface area contributed by atoms with Crippen LogP contribution in [0.5, 0.6) is 0 Å². The number of rotatable bonds is 9. The summed E-state index contributed by atoms with van der Waals surface area (Å²) in [6.07, 6.45) is 4.37. The quantitative estimate of drug-likeness (QED) is 0.542. The zero-order valence-corrected chi connectivity index (χ0v) is 19.9. The van der Waals surface area contributed by atoms with Crippen LogP contribution in [0.25, 0.3) is 11.1 Å². The predicted molar refractivity (Wildman–Crippen MR) is 130 cm³/mol. The molecule has 3 aliphatic rings. The molecule has 1 aliphatic carbocycles. The zero-order chi connectivity index (χ0) is 23.5. The average molecular weight is 466 g/mol. The maximum absolute atomic E-state index is 13.2. The first-order valence-electron chi connectivity index (χ1n) is 12.5. The van der Waals surface area contributed by atoms with Gasteiger partial charge in [-0.25, -0.2) is 4.79 Å². The first-order valence-corrected chi connectivity index (χ1v) is 12.5. The molecule has 2 aliphatic heterocycles. The van der Waals surface area contributed by atoms with Gasteiger partial charge in [-0.3, -0.25) is 0 Å². The number of nitrogens with zero attached hydrogens (tertiary/aromatic N) is 1. The second-order valence-electron chi connectivity index (χ2n) is 9.94. The van der Waals surface area contributed by atoms with Gasteiger partial charge < -0.3 is 24.2 Å². The molecule has 2 heterocycles. The van der Waals surface area contributed by atoms with Crippen molar-refractivity contribution in [3.8, 4) is 11.1 Å². The summed E-state index contributed by atoms with van der Waals surface area (Å²) in [4.78, 5) is 15.1. The first-order chi connectivity index (χ1) is 16.6. The third-order valence-electron chi connectivity index (χ3n) is 7.76. The molecular weight excluding hydrogens is 430 g/mol. The van der Waals surface area contributed by atoms with Crippen molar-refractivity contribution >= 4 is 6.09 Å². The number of carbonyl (C=O) groups is 1. The van der Waals surface area contributed by atoms with Gasteiger partial charge in [-0.05, 0) is 60.8 Å². The van der Waals surface area contributed by atoms with Gasteiger partial charge in [-0.15, -0.1) is 0 Å². The van der Waals surface area contributed by atoms with Crippen molar-refractivity contribution in [3.63, 3.8) is 0 Å². The monoisotopic (exact) mass is 465 g/mol. The van der Waals surface area contributed by atoms with Gasteiger partial charge in [0.15, 0.2) is 0 Å². The van der Waals surface area contributed by atoms with E-state index in [9.17, 15) is 9.90 Å². The molecule has 6 nitrogen and oxygen atoms in total. The van der Waals surface area contributed by atoms with E-state index in [1.54, 1.807) is 7.11 Å². The van der Waals surface area contributed by atoms with E-state index < -0.39 is 5.60 Å². The van der Waals surface area contributed by atoms with E-state index in [2.05, 4.69) is 36.4 Å². The van der Waals surface area contributed by atoms with E-state index in [-0.39, 0.29) is 24.1 Å². The van der Waals surface area contributed by atoms with Crippen LogP contribution >= 0.6 is 0 Å². The largest absolute Gasteiger partial charge is 0.448 e. The number of benzene rings is 2. The lowest BCUT2D eigenvalue weighted by Crippen LogP contribution is -2.53. The molecule has 2 saturated heterocycles. The highest BCUT2D eigenvalue weighted by atomic mass is 16.6. The fourth-order valence-corrected chi connectivity index (χ4v) is 6.24. The van der Waals surface area contributed by atoms with Crippen molar-refractivity contribution in [1.29, 1.82) is 0 Å². The molecule has 5 rings (SSSR count). The van der Waals surface area contributed by atoms with Gasteiger partial charge in [-0.1, -0.05) is 48.5 Å². The molecule has 2 fully saturated rings. The number of piperidine rings is 1. The molecule has 1 N–H and O–H groups in total. The van der Waals surface area contributed by atoms with Crippen LogP contribution in [-0.4, -0.2) is 67.3 Å². The van der Waals surface area contributed by atoms with E-state index in [4.69, 9.17) is 14.2 Å². The Balaban J connectivity index is 1.18. The third-order valence-corrected chi connectivity index (χ3v) is 7.76. The Labute approximate surface area is 201 Å². The Bertz CT molecular complexity index is 948. The summed E-state index contributed by atoms with van der Waals surface area (Å²) in [6, 6.07) is 16.9. The van der Waals surface area contributed by atoms with Crippen LogP contribution in [0, 0.1) is 0 Å². The molecule has 34 heavy (non-hydrogen) atoms. The average Bonchev–Trinajstić information content (AvgIpc) is 3.32. The summed E-state index contributed by atoms with van der Waals surface area (Å²) in [7, 11) is 1.66. The molecule has 0 saturated carbocycles. The van der Waals surface area contributed by atoms with Crippen molar-refractivity contribution < 1.29 is 24.1 Å². The van der Waals surface area contributed by atoms with E-state index in [1.807, 2.05) is 17.0 Å². The van der Waals surface area contributed by atoms with Crippen LogP contribution in [0.3, 0.4) is 0 Å². The number of ether oxygens (including phenoxy) is 3. The standard InChI is InChI=1S/C28H35NO5/c1-32-15-16-33-14-6-13-28(31)17-20-11-12-21(18-28)29(20)27(30)34-19-26-24-9-4-2-7-22(24)23-8-3-5-10-25(23)26/h2-5,7-10,20-21,26,31H,6,11-19H2,1H3. The van der Waals surface area contributed by atoms with Gasteiger partial charge >= 0.3 is 6.09 Å². The minimum absolute atomic E-state index is 0.0498. The van der Waals surface area contributed by atoms with Gasteiger partial charge in [0.2, 0.25) is 0 Å². The number of amides is 1. The lowest BCUT2D eigenvalue weighted by atomic mass is 9.83. The number of methoxy groups -OCH3 is 1. The van der Waals surface area contributed by atoms with Crippen molar-refractivity contribution in [2.45, 2.75) is 62.1 Å². The van der Waals surface area contributed by atoms with E-state index in [0.717, 1.165) is 19.3 Å². The fourth-order valence-electron chi connectivity index (χ4n) is 6.24. The van der Waals surface area contributed by atoms with Crippen LogP contribution < -0.4 is 0 Å². The smallest absolute Gasteiger partial charge is 0.410 e. The summed E-state index contributed by atoms with van der Waals surface area (Å²) in [5, 5.41) is 11.2. The number of aliphatic hydroxyl groups is 1. The van der Waals surface area contributed by atoms with Crippen molar-refractivity contribution in [2.24, 2.45) is 0 Å². The highest BCUT2D eigenvalue weighted by Crippen LogP contribution is 2.46. The van der Waals surface area contributed by atoms with Gasteiger partial charge in [0, 0.05) is 31.7 Å². The maximum Gasteiger partial charge on any atom is 0.410 e. The minimum Gasteiger partial charge on any atom is -0.448 e. The Kier molecular flexibility index (Phi) is 6.91. The molecule has 2 aromatic rings. The van der Waals surface area contributed by atoms with Gasteiger partial charge in [0.05, 0.1) is 18.8 Å². The second kappa shape index (κ2) is 10.1. The van der Waals surface area contributed by atoms with E-state index >= 15 is 0 Å². The van der Waals surface area contributed by atoms with Crippen LogP contribution in [0.2, 0.25) is 0 Å². The summed E-state index contributed by atoms with van der Waals surface area (Å²) in [5.74, 6) is 0.0637. The van der Waals surface area contributed by atoms with Crippen LogP contribution in [-0.2, 0) is 14.2 Å². The lowest BCUT2D eigenvalue weighted by molar-refractivity contribution is -0.0585. The summed E-state index contributed by atoms with van der Waals surface area (Å²) in [5.41, 5.74) is 4.18. The summed E-state index contributed by atoms with van der Waals surface area (Å²) in [6.45, 7) is 2.13. The van der Waals surface area contributed by atoms with Crippen molar-refractivity contribution in [3.05, 3.63) is 59.7 Å². The van der Waals surface area contributed by atoms with Crippen molar-refractivity contribution in [2.75, 3.05) is 33.5 Å². The molecule has 0 spiro atoms. The van der Waals surface area contributed by atoms with Crippen LogP contribution in [0.1, 0.15) is 55.6 Å². The number of hydrogen-bond acceptors (Lipinski definition) is 5. The van der Waals surface area contributed by atoms with Gasteiger partial charge in [0.1, 0.15) is 6.61 Å². The number of fused-ring (bicyclic) bond motifs is 5. The van der Waals surface area contributed by atoms with Crippen LogP contribution in [0.4, 0.5) is 4.79 Å². The number of hydrogen-bond donors (Lipinski definition) is 1. The van der Waals surface area contributed by atoms with E-state index in [1.165, 1.54) is 22.3 Å². The van der Waals surface area contributed by atoms with Gasteiger partial charge in [-0.2, -0.15) is 0 Å². The van der Waals surface area contributed by atoms with Gasteiger partial charge in [0.25, 0.3) is 0 Å².